The first-order chi connectivity index (χ1) is 13.0. The largest absolute Gasteiger partial charge is 0.467 e. The minimum Gasteiger partial charge on any atom is -0.467 e. The number of carbonyl (C=O) groups is 3. The molecular formula is C19H23N3O5. The highest BCUT2D eigenvalue weighted by Gasteiger charge is 2.30. The van der Waals surface area contributed by atoms with Gasteiger partial charge in [-0.1, -0.05) is 0 Å². The Labute approximate surface area is 156 Å². The fourth-order valence-corrected chi connectivity index (χ4v) is 3.10. The Morgan fingerprint density at radius 2 is 1.85 bits per heavy atom. The Hall–Kier alpha value is -3.03. The third-order valence-electron chi connectivity index (χ3n) is 4.66. The molecule has 1 saturated heterocycles. The molecule has 2 N–H and O–H groups in total. The van der Waals surface area contributed by atoms with Crippen LogP contribution in [0.3, 0.4) is 0 Å². The van der Waals surface area contributed by atoms with Gasteiger partial charge in [0.05, 0.1) is 19.1 Å². The Kier molecular flexibility index (Phi) is 5.95. The molecule has 1 fully saturated rings. The summed E-state index contributed by atoms with van der Waals surface area (Å²) in [6.07, 6.45) is 4.16. The molecule has 2 aromatic rings. The molecule has 0 aliphatic carbocycles. The number of nitrogens with zero attached hydrogens (tertiary/aromatic N) is 1. The van der Waals surface area contributed by atoms with E-state index in [1.54, 1.807) is 42.4 Å². The summed E-state index contributed by atoms with van der Waals surface area (Å²) < 4.78 is 10.2. The summed E-state index contributed by atoms with van der Waals surface area (Å²) in [5.74, 6) is 0.130. The fraction of sp³-hybridized carbons (Fsp3) is 0.421. The summed E-state index contributed by atoms with van der Waals surface area (Å²) in [7, 11) is 0. The predicted molar refractivity (Wildman–Crippen MR) is 95.5 cm³/mol. The Morgan fingerprint density at radius 3 is 2.48 bits per heavy atom. The SMILES string of the molecule is C[C@H](NC(=O)c1ccco1)C(=O)N1CCC(C(=O)NCc2ccco2)CC1. The average molecular weight is 373 g/mol. The monoisotopic (exact) mass is 373 g/mol. The van der Waals surface area contributed by atoms with Gasteiger partial charge in [-0.05, 0) is 44.0 Å². The van der Waals surface area contributed by atoms with E-state index in [4.69, 9.17) is 8.83 Å². The van der Waals surface area contributed by atoms with Crippen molar-refractivity contribution in [3.05, 3.63) is 48.3 Å². The number of likely N-dealkylation sites (tertiary alicyclic amines) is 1. The number of amides is 3. The topological polar surface area (TPSA) is 105 Å². The van der Waals surface area contributed by atoms with Gasteiger partial charge >= 0.3 is 0 Å². The van der Waals surface area contributed by atoms with Gasteiger partial charge in [-0.15, -0.1) is 0 Å². The van der Waals surface area contributed by atoms with E-state index in [9.17, 15) is 14.4 Å². The van der Waals surface area contributed by atoms with Crippen LogP contribution in [0.15, 0.2) is 45.6 Å². The van der Waals surface area contributed by atoms with Gasteiger partial charge in [-0.2, -0.15) is 0 Å². The van der Waals surface area contributed by atoms with Gasteiger partial charge in [-0.25, -0.2) is 0 Å². The first kappa shape index (κ1) is 18.8. The lowest BCUT2D eigenvalue weighted by Crippen LogP contribution is -2.50. The molecular weight excluding hydrogens is 350 g/mol. The second kappa shape index (κ2) is 8.57. The van der Waals surface area contributed by atoms with Crippen molar-refractivity contribution in [2.75, 3.05) is 13.1 Å². The molecule has 0 bridgehead atoms. The molecule has 8 heteroatoms. The molecule has 2 aromatic heterocycles. The molecule has 3 amide bonds. The van der Waals surface area contributed by atoms with E-state index in [2.05, 4.69) is 10.6 Å². The number of hydrogen-bond donors (Lipinski definition) is 2. The van der Waals surface area contributed by atoms with E-state index in [-0.39, 0.29) is 23.5 Å². The van der Waals surface area contributed by atoms with E-state index in [1.807, 2.05) is 0 Å². The summed E-state index contributed by atoms with van der Waals surface area (Å²) in [5, 5.41) is 5.50. The van der Waals surface area contributed by atoms with Gasteiger partial charge in [0.1, 0.15) is 11.8 Å². The number of nitrogens with one attached hydrogen (secondary N) is 2. The maximum absolute atomic E-state index is 12.5. The average Bonchev–Trinajstić information content (AvgIpc) is 3.39. The lowest BCUT2D eigenvalue weighted by atomic mass is 9.95. The van der Waals surface area contributed by atoms with Crippen molar-refractivity contribution in [3.63, 3.8) is 0 Å². The van der Waals surface area contributed by atoms with E-state index < -0.39 is 11.9 Å². The van der Waals surface area contributed by atoms with Crippen LogP contribution in [-0.4, -0.2) is 41.8 Å². The summed E-state index contributed by atoms with van der Waals surface area (Å²) in [5.41, 5.74) is 0. The van der Waals surface area contributed by atoms with Crippen molar-refractivity contribution >= 4 is 17.7 Å². The molecule has 1 aliphatic rings. The molecule has 0 radical (unpaired) electrons. The summed E-state index contributed by atoms with van der Waals surface area (Å²) in [4.78, 5) is 38.4. The maximum Gasteiger partial charge on any atom is 0.287 e. The molecule has 3 heterocycles. The third kappa shape index (κ3) is 4.78. The number of furan rings is 2. The molecule has 0 saturated carbocycles. The highest BCUT2D eigenvalue weighted by atomic mass is 16.3. The number of hydrogen-bond acceptors (Lipinski definition) is 5. The maximum atomic E-state index is 12.5. The van der Waals surface area contributed by atoms with Gasteiger partial charge in [0, 0.05) is 19.0 Å². The molecule has 0 aromatic carbocycles. The van der Waals surface area contributed by atoms with Crippen LogP contribution in [0.1, 0.15) is 36.1 Å². The summed E-state index contributed by atoms with van der Waals surface area (Å²) in [6.45, 7) is 2.98. The van der Waals surface area contributed by atoms with E-state index in [0.29, 0.717) is 38.2 Å². The normalized spacial score (nSPS) is 16.0. The van der Waals surface area contributed by atoms with Crippen LogP contribution in [-0.2, 0) is 16.1 Å². The first-order valence-corrected chi connectivity index (χ1v) is 8.98. The Balaban J connectivity index is 1.43. The smallest absolute Gasteiger partial charge is 0.287 e. The van der Waals surface area contributed by atoms with Crippen molar-refractivity contribution in [1.82, 2.24) is 15.5 Å². The van der Waals surface area contributed by atoms with Crippen molar-refractivity contribution in [2.45, 2.75) is 32.4 Å². The van der Waals surface area contributed by atoms with Gasteiger partial charge in [0.15, 0.2) is 5.76 Å². The van der Waals surface area contributed by atoms with Gasteiger partial charge in [-0.3, -0.25) is 14.4 Å². The minimum absolute atomic E-state index is 0.0299. The predicted octanol–water partition coefficient (Wildman–Crippen LogP) is 1.55. The second-order valence-corrected chi connectivity index (χ2v) is 6.57. The lowest BCUT2D eigenvalue weighted by molar-refractivity contribution is -0.136. The van der Waals surface area contributed by atoms with Gasteiger partial charge < -0.3 is 24.4 Å². The lowest BCUT2D eigenvalue weighted by Gasteiger charge is -2.33. The van der Waals surface area contributed by atoms with Crippen LogP contribution in [0.5, 0.6) is 0 Å². The molecule has 1 atom stereocenters. The van der Waals surface area contributed by atoms with Crippen LogP contribution in [0.25, 0.3) is 0 Å². The number of rotatable bonds is 6. The van der Waals surface area contributed by atoms with Crippen LogP contribution in [0, 0.1) is 5.92 Å². The van der Waals surface area contributed by atoms with Crippen molar-refractivity contribution < 1.29 is 23.2 Å². The van der Waals surface area contributed by atoms with Crippen LogP contribution in [0.2, 0.25) is 0 Å². The molecule has 3 rings (SSSR count). The quantitative estimate of drug-likeness (QED) is 0.799. The fourth-order valence-electron chi connectivity index (χ4n) is 3.10. The van der Waals surface area contributed by atoms with Crippen molar-refractivity contribution in [2.24, 2.45) is 5.92 Å². The molecule has 8 nitrogen and oxygen atoms in total. The second-order valence-electron chi connectivity index (χ2n) is 6.57. The van der Waals surface area contributed by atoms with Gasteiger partial charge in [0.2, 0.25) is 11.8 Å². The van der Waals surface area contributed by atoms with E-state index >= 15 is 0 Å². The first-order valence-electron chi connectivity index (χ1n) is 8.98. The van der Waals surface area contributed by atoms with E-state index in [0.717, 1.165) is 0 Å². The third-order valence-corrected chi connectivity index (χ3v) is 4.66. The van der Waals surface area contributed by atoms with Crippen LogP contribution >= 0.6 is 0 Å². The molecule has 144 valence electrons. The molecule has 1 aliphatic heterocycles. The highest BCUT2D eigenvalue weighted by molar-refractivity contribution is 5.95. The summed E-state index contributed by atoms with van der Waals surface area (Å²) >= 11 is 0. The zero-order valence-electron chi connectivity index (χ0n) is 15.1. The standard InChI is InChI=1S/C19H23N3O5/c1-13(21-18(24)16-5-3-11-27-16)19(25)22-8-6-14(7-9-22)17(23)20-12-15-4-2-10-26-15/h2-5,10-11,13-14H,6-9,12H2,1H3,(H,20,23)(H,21,24)/t13-/m0/s1. The molecule has 0 spiro atoms. The number of carbonyl (C=O) groups excluding carboxylic acids is 3. The molecule has 0 unspecified atom stereocenters. The van der Waals surface area contributed by atoms with Crippen LogP contribution in [0.4, 0.5) is 0 Å². The Bertz CT molecular complexity index is 761. The van der Waals surface area contributed by atoms with Crippen LogP contribution < -0.4 is 10.6 Å². The van der Waals surface area contributed by atoms with E-state index in [1.165, 1.54) is 6.26 Å². The Morgan fingerprint density at radius 1 is 1.15 bits per heavy atom. The van der Waals surface area contributed by atoms with Gasteiger partial charge in [0.25, 0.3) is 5.91 Å². The number of piperidine rings is 1. The zero-order chi connectivity index (χ0) is 19.2. The minimum atomic E-state index is -0.660. The summed E-state index contributed by atoms with van der Waals surface area (Å²) in [6, 6.07) is 6.08. The van der Waals surface area contributed by atoms with Crippen molar-refractivity contribution in [1.29, 1.82) is 0 Å². The van der Waals surface area contributed by atoms with Crippen molar-refractivity contribution in [3.8, 4) is 0 Å². The molecule has 27 heavy (non-hydrogen) atoms. The zero-order valence-corrected chi connectivity index (χ0v) is 15.1. The highest BCUT2D eigenvalue weighted by Crippen LogP contribution is 2.18.